The molecular formula is C22H24N4O5S2. The van der Waals surface area contributed by atoms with E-state index in [2.05, 4.69) is 15.3 Å². The van der Waals surface area contributed by atoms with Crippen LogP contribution in [0.2, 0.25) is 0 Å². The molecule has 2 heterocycles. The van der Waals surface area contributed by atoms with Gasteiger partial charge in [0.25, 0.3) is 0 Å². The van der Waals surface area contributed by atoms with E-state index in [0.29, 0.717) is 29.3 Å². The number of para-hydroxylation sites is 1. The van der Waals surface area contributed by atoms with E-state index in [4.69, 9.17) is 14.1 Å². The SMILES string of the molecule is NS(=O)(=O)OCC1CCC(Nc2ncncc2C(=O)c2cc(COc3ccccc3)cs2)C1. The number of benzene rings is 1. The standard InChI is InChI=1S/C22H24N4O5S2/c23-33(28,29)31-12-15-6-7-17(8-15)26-22-19(10-24-14-25-22)21(27)20-9-16(13-32-20)11-30-18-4-2-1-3-5-18/h1-5,9-10,13-15,17H,6-8,11-12H2,(H2,23,28,29)(H,24,25,26). The fraction of sp³-hybridized carbons (Fsp3) is 0.318. The van der Waals surface area contributed by atoms with Crippen molar-refractivity contribution in [2.24, 2.45) is 11.1 Å². The first-order chi connectivity index (χ1) is 15.9. The van der Waals surface area contributed by atoms with Crippen LogP contribution in [0.5, 0.6) is 5.75 Å². The van der Waals surface area contributed by atoms with Gasteiger partial charge in [0, 0.05) is 17.8 Å². The molecule has 1 aromatic carbocycles. The van der Waals surface area contributed by atoms with E-state index in [1.54, 1.807) is 0 Å². The number of hydrogen-bond acceptors (Lipinski definition) is 9. The summed E-state index contributed by atoms with van der Waals surface area (Å²) in [6.07, 6.45) is 5.18. The van der Waals surface area contributed by atoms with E-state index in [9.17, 15) is 13.2 Å². The Bertz CT molecular complexity index is 1200. The van der Waals surface area contributed by atoms with E-state index >= 15 is 0 Å². The number of carbonyl (C=O) groups excluding carboxylic acids is 1. The molecule has 1 aliphatic rings. The first kappa shape index (κ1) is 23.3. The number of nitrogens with zero attached hydrogens (tertiary/aromatic N) is 2. The summed E-state index contributed by atoms with van der Waals surface area (Å²) in [6, 6.07) is 11.4. The molecule has 0 bridgehead atoms. The summed E-state index contributed by atoms with van der Waals surface area (Å²) < 4.78 is 32.5. The Labute approximate surface area is 196 Å². The van der Waals surface area contributed by atoms with Gasteiger partial charge in [0.05, 0.1) is 17.0 Å². The van der Waals surface area contributed by atoms with Crippen LogP contribution < -0.4 is 15.2 Å². The molecule has 2 unspecified atom stereocenters. The molecule has 174 valence electrons. The molecule has 4 rings (SSSR count). The van der Waals surface area contributed by atoms with Crippen molar-refractivity contribution >= 4 is 33.2 Å². The zero-order chi connectivity index (χ0) is 23.3. The van der Waals surface area contributed by atoms with Gasteiger partial charge in [-0.2, -0.15) is 8.42 Å². The molecule has 0 saturated heterocycles. The molecule has 2 atom stereocenters. The van der Waals surface area contributed by atoms with Gasteiger partial charge in [-0.15, -0.1) is 11.3 Å². The normalized spacial score (nSPS) is 18.2. The number of hydrogen-bond donors (Lipinski definition) is 2. The molecule has 0 amide bonds. The maximum absolute atomic E-state index is 13.2. The lowest BCUT2D eigenvalue weighted by atomic mass is 10.1. The minimum atomic E-state index is -3.95. The Morgan fingerprint density at radius 1 is 1.24 bits per heavy atom. The molecule has 33 heavy (non-hydrogen) atoms. The fourth-order valence-corrected chi connectivity index (χ4v) is 4.97. The lowest BCUT2D eigenvalue weighted by molar-refractivity contribution is 0.104. The average Bonchev–Trinajstić information content (AvgIpc) is 3.46. The van der Waals surface area contributed by atoms with Gasteiger partial charge in [0.15, 0.2) is 0 Å². The minimum absolute atomic E-state index is 0.0405. The first-order valence-electron chi connectivity index (χ1n) is 10.4. The van der Waals surface area contributed by atoms with Crippen LogP contribution in [0.4, 0.5) is 5.82 Å². The summed E-state index contributed by atoms with van der Waals surface area (Å²) in [5.41, 5.74) is 1.30. The highest BCUT2D eigenvalue weighted by Gasteiger charge is 2.27. The van der Waals surface area contributed by atoms with Crippen molar-refractivity contribution in [2.45, 2.75) is 31.9 Å². The number of nitrogens with one attached hydrogen (secondary N) is 1. The van der Waals surface area contributed by atoms with Crippen LogP contribution >= 0.6 is 11.3 Å². The Hall–Kier alpha value is -2.86. The van der Waals surface area contributed by atoms with Crippen molar-refractivity contribution in [2.75, 3.05) is 11.9 Å². The van der Waals surface area contributed by atoms with Crippen molar-refractivity contribution in [3.05, 3.63) is 70.3 Å². The van der Waals surface area contributed by atoms with Gasteiger partial charge in [0.2, 0.25) is 5.78 Å². The van der Waals surface area contributed by atoms with E-state index in [0.717, 1.165) is 24.2 Å². The van der Waals surface area contributed by atoms with Crippen LogP contribution in [-0.4, -0.2) is 36.8 Å². The molecule has 0 radical (unpaired) electrons. The van der Waals surface area contributed by atoms with Crippen molar-refractivity contribution in [1.29, 1.82) is 0 Å². The van der Waals surface area contributed by atoms with Gasteiger partial charge in [-0.3, -0.25) is 8.98 Å². The third-order valence-corrected chi connectivity index (χ3v) is 6.78. The second-order valence-electron chi connectivity index (χ2n) is 7.83. The van der Waals surface area contributed by atoms with Crippen LogP contribution in [0.25, 0.3) is 0 Å². The van der Waals surface area contributed by atoms with Gasteiger partial charge in [-0.05, 0) is 48.8 Å². The molecular weight excluding hydrogens is 464 g/mol. The zero-order valence-electron chi connectivity index (χ0n) is 17.7. The number of carbonyl (C=O) groups is 1. The zero-order valence-corrected chi connectivity index (χ0v) is 19.3. The van der Waals surface area contributed by atoms with Crippen molar-refractivity contribution in [3.63, 3.8) is 0 Å². The monoisotopic (exact) mass is 488 g/mol. The summed E-state index contributed by atoms with van der Waals surface area (Å²) in [6.45, 7) is 0.420. The highest BCUT2D eigenvalue weighted by atomic mass is 32.2. The molecule has 3 N–H and O–H groups in total. The number of thiophene rings is 1. The van der Waals surface area contributed by atoms with E-state index < -0.39 is 10.3 Å². The molecule has 3 aromatic rings. The van der Waals surface area contributed by atoms with Gasteiger partial charge in [0.1, 0.15) is 24.5 Å². The summed E-state index contributed by atoms with van der Waals surface area (Å²) >= 11 is 1.35. The summed E-state index contributed by atoms with van der Waals surface area (Å²) in [7, 11) is -3.95. The molecule has 9 nitrogen and oxygen atoms in total. The maximum atomic E-state index is 13.2. The van der Waals surface area contributed by atoms with E-state index in [1.165, 1.54) is 23.9 Å². The van der Waals surface area contributed by atoms with Crippen LogP contribution in [-0.2, 0) is 21.1 Å². The van der Waals surface area contributed by atoms with E-state index in [1.807, 2.05) is 41.8 Å². The molecule has 2 aromatic heterocycles. The fourth-order valence-electron chi connectivity index (χ4n) is 3.74. The Balaban J connectivity index is 1.38. The molecule has 0 aliphatic heterocycles. The maximum Gasteiger partial charge on any atom is 0.333 e. The molecule has 1 fully saturated rings. The first-order valence-corrected chi connectivity index (χ1v) is 12.8. The third kappa shape index (κ3) is 6.57. The summed E-state index contributed by atoms with van der Waals surface area (Å²) in [5, 5.41) is 10.1. The summed E-state index contributed by atoms with van der Waals surface area (Å²) in [4.78, 5) is 22.0. The molecule has 0 spiro atoms. The van der Waals surface area contributed by atoms with Crippen LogP contribution in [0.1, 0.15) is 40.1 Å². The van der Waals surface area contributed by atoms with Gasteiger partial charge < -0.3 is 10.1 Å². The molecule has 1 aliphatic carbocycles. The lowest BCUT2D eigenvalue weighted by Crippen LogP contribution is -2.22. The Kier molecular flexibility index (Phi) is 7.33. The van der Waals surface area contributed by atoms with Crippen LogP contribution in [0, 0.1) is 5.92 Å². The Morgan fingerprint density at radius 2 is 2.06 bits per heavy atom. The predicted octanol–water partition coefficient (Wildman–Crippen LogP) is 3.15. The topological polar surface area (TPSA) is 134 Å². The van der Waals surface area contributed by atoms with Gasteiger partial charge in [-0.1, -0.05) is 18.2 Å². The number of ether oxygens (including phenoxy) is 1. The quantitative estimate of drug-likeness (QED) is 0.416. The van der Waals surface area contributed by atoms with Crippen molar-refractivity contribution in [1.82, 2.24) is 9.97 Å². The van der Waals surface area contributed by atoms with Crippen molar-refractivity contribution in [3.8, 4) is 5.75 Å². The largest absolute Gasteiger partial charge is 0.489 e. The van der Waals surface area contributed by atoms with Crippen molar-refractivity contribution < 1.29 is 22.1 Å². The smallest absolute Gasteiger partial charge is 0.333 e. The second-order valence-corrected chi connectivity index (χ2v) is 9.97. The number of nitrogens with two attached hydrogens (primary N) is 1. The van der Waals surface area contributed by atoms with Gasteiger partial charge >= 0.3 is 10.3 Å². The molecule has 11 heteroatoms. The molecule has 1 saturated carbocycles. The number of aromatic nitrogens is 2. The number of anilines is 1. The minimum Gasteiger partial charge on any atom is -0.489 e. The summed E-state index contributed by atoms with van der Waals surface area (Å²) in [5.74, 6) is 1.12. The second kappa shape index (κ2) is 10.4. The predicted molar refractivity (Wildman–Crippen MR) is 124 cm³/mol. The number of rotatable bonds is 10. The third-order valence-electron chi connectivity index (χ3n) is 5.33. The highest BCUT2D eigenvalue weighted by molar-refractivity contribution is 7.84. The van der Waals surface area contributed by atoms with Crippen LogP contribution in [0.3, 0.4) is 0 Å². The number of ketones is 1. The Morgan fingerprint density at radius 3 is 2.85 bits per heavy atom. The van der Waals surface area contributed by atoms with Gasteiger partial charge in [-0.25, -0.2) is 15.1 Å². The average molecular weight is 489 g/mol. The van der Waals surface area contributed by atoms with Crippen LogP contribution in [0.15, 0.2) is 54.3 Å². The lowest BCUT2D eigenvalue weighted by Gasteiger charge is -2.15. The van der Waals surface area contributed by atoms with E-state index in [-0.39, 0.29) is 24.3 Å². The highest BCUT2D eigenvalue weighted by Crippen LogP contribution is 2.30.